The van der Waals surface area contributed by atoms with Gasteiger partial charge in [0.05, 0.1) is 29.8 Å². The van der Waals surface area contributed by atoms with Crippen molar-refractivity contribution in [2.75, 3.05) is 44.7 Å². The third kappa shape index (κ3) is 7.00. The Balaban J connectivity index is 1.50. The van der Waals surface area contributed by atoms with Gasteiger partial charge in [-0.05, 0) is 79.8 Å². The molecule has 1 N–H and O–H groups in total. The number of nitrogens with one attached hydrogen (secondary N) is 1. The van der Waals surface area contributed by atoms with E-state index in [9.17, 15) is 21.6 Å². The molecule has 1 fully saturated rings. The minimum Gasteiger partial charge on any atom is -0.495 e. The number of methoxy groups -OCH3 is 2. The summed E-state index contributed by atoms with van der Waals surface area (Å²) in [5, 5.41) is 2.94. The molecule has 4 rings (SSSR count). The van der Waals surface area contributed by atoms with Gasteiger partial charge in [0, 0.05) is 19.6 Å². The van der Waals surface area contributed by atoms with Gasteiger partial charge in [-0.2, -0.15) is 4.31 Å². The highest BCUT2D eigenvalue weighted by molar-refractivity contribution is 7.93. The summed E-state index contributed by atoms with van der Waals surface area (Å²) in [5.74, 6) is -0.0409. The number of nitrogens with zero attached hydrogens (tertiary/aromatic N) is 2. The predicted molar refractivity (Wildman–Crippen MR) is 161 cm³/mol. The average Bonchev–Trinajstić information content (AvgIpc) is 3.52. The van der Waals surface area contributed by atoms with Crippen LogP contribution in [0.5, 0.6) is 11.5 Å². The van der Waals surface area contributed by atoms with E-state index in [0.717, 1.165) is 22.7 Å². The van der Waals surface area contributed by atoms with Crippen LogP contribution in [-0.4, -0.2) is 67.4 Å². The van der Waals surface area contributed by atoms with Crippen LogP contribution < -0.4 is 19.1 Å². The van der Waals surface area contributed by atoms with Crippen molar-refractivity contribution in [3.63, 3.8) is 0 Å². The molecule has 0 spiro atoms. The number of aryl methyl sites for hydroxylation is 1. The highest BCUT2D eigenvalue weighted by atomic mass is 35.5. The fourth-order valence-corrected chi connectivity index (χ4v) is 8.09. The van der Waals surface area contributed by atoms with Crippen molar-refractivity contribution >= 4 is 43.2 Å². The van der Waals surface area contributed by atoms with Crippen LogP contribution in [0.15, 0.2) is 70.5 Å². The lowest BCUT2D eigenvalue weighted by molar-refractivity contribution is -0.119. The molecule has 1 saturated heterocycles. The number of hydrogen-bond acceptors (Lipinski definition) is 7. The van der Waals surface area contributed by atoms with E-state index in [1.807, 2.05) is 0 Å². The minimum atomic E-state index is -4.27. The second-order valence-electron chi connectivity index (χ2n) is 9.84. The molecular weight excluding hydrogens is 602 g/mol. The van der Waals surface area contributed by atoms with Crippen molar-refractivity contribution in [2.24, 2.45) is 0 Å². The van der Waals surface area contributed by atoms with Crippen LogP contribution in [0.1, 0.15) is 24.0 Å². The smallest absolute Gasteiger partial charge is 0.268 e. The Morgan fingerprint density at radius 3 is 2.19 bits per heavy atom. The van der Waals surface area contributed by atoms with Crippen molar-refractivity contribution in [3.05, 3.63) is 76.8 Å². The van der Waals surface area contributed by atoms with Crippen LogP contribution in [0.25, 0.3) is 0 Å². The zero-order valence-corrected chi connectivity index (χ0v) is 26.1. The number of carbonyl (C=O) groups is 1. The van der Waals surface area contributed by atoms with E-state index in [1.54, 1.807) is 43.3 Å². The molecule has 1 aliphatic heterocycles. The van der Waals surface area contributed by atoms with Gasteiger partial charge in [0.1, 0.15) is 22.9 Å². The molecule has 10 nitrogen and oxygen atoms in total. The molecule has 0 aromatic heterocycles. The van der Waals surface area contributed by atoms with Gasteiger partial charge in [-0.15, -0.1) is 0 Å². The van der Waals surface area contributed by atoms with Crippen LogP contribution in [0.4, 0.5) is 5.69 Å². The number of sulfonamides is 2. The largest absolute Gasteiger partial charge is 0.495 e. The highest BCUT2D eigenvalue weighted by Gasteiger charge is 2.31. The number of halogens is 1. The number of benzene rings is 3. The second kappa shape index (κ2) is 13.3. The zero-order valence-electron chi connectivity index (χ0n) is 23.7. The van der Waals surface area contributed by atoms with E-state index in [2.05, 4.69) is 5.32 Å². The maximum atomic E-state index is 13.9. The fraction of sp³-hybridized carbons (Fsp3) is 0.345. The summed E-state index contributed by atoms with van der Waals surface area (Å²) in [6, 6.07) is 15.8. The maximum Gasteiger partial charge on any atom is 0.268 e. The van der Waals surface area contributed by atoms with E-state index in [0.29, 0.717) is 30.8 Å². The third-order valence-electron chi connectivity index (χ3n) is 6.96. The number of ether oxygens (including phenoxy) is 2. The Morgan fingerprint density at radius 2 is 1.57 bits per heavy atom. The molecule has 42 heavy (non-hydrogen) atoms. The monoisotopic (exact) mass is 635 g/mol. The lowest BCUT2D eigenvalue weighted by Crippen LogP contribution is -2.41. The molecule has 0 saturated carbocycles. The van der Waals surface area contributed by atoms with E-state index in [1.165, 1.54) is 42.8 Å². The van der Waals surface area contributed by atoms with E-state index >= 15 is 0 Å². The van der Waals surface area contributed by atoms with Gasteiger partial charge in [-0.1, -0.05) is 29.8 Å². The molecule has 1 aliphatic rings. The molecule has 1 amide bonds. The van der Waals surface area contributed by atoms with Crippen LogP contribution >= 0.6 is 11.6 Å². The third-order valence-corrected chi connectivity index (χ3v) is 11.0. The minimum absolute atomic E-state index is 0.0892. The summed E-state index contributed by atoms with van der Waals surface area (Å²) in [4.78, 5) is 13.2. The van der Waals surface area contributed by atoms with Gasteiger partial charge in [-0.25, -0.2) is 16.8 Å². The average molecular weight is 636 g/mol. The zero-order chi connectivity index (χ0) is 30.5. The highest BCUT2D eigenvalue weighted by Crippen LogP contribution is 2.34. The molecule has 0 aliphatic carbocycles. The molecular formula is C29H34ClN3O7S2. The van der Waals surface area contributed by atoms with Crippen molar-refractivity contribution in [1.29, 1.82) is 0 Å². The molecule has 0 bridgehead atoms. The predicted octanol–water partition coefficient (Wildman–Crippen LogP) is 4.00. The first-order chi connectivity index (χ1) is 20.0. The molecule has 226 valence electrons. The first-order valence-corrected chi connectivity index (χ1v) is 16.6. The van der Waals surface area contributed by atoms with Crippen LogP contribution in [0.3, 0.4) is 0 Å². The summed E-state index contributed by atoms with van der Waals surface area (Å²) < 4.78 is 66.3. The van der Waals surface area contributed by atoms with E-state index in [4.69, 9.17) is 21.1 Å². The first kappa shape index (κ1) is 31.6. The van der Waals surface area contributed by atoms with E-state index in [-0.39, 0.29) is 32.8 Å². The summed E-state index contributed by atoms with van der Waals surface area (Å²) in [5.41, 5.74) is 1.70. The lowest BCUT2D eigenvalue weighted by atomic mass is 10.1. The lowest BCUT2D eigenvalue weighted by Gasteiger charge is -2.25. The topological polar surface area (TPSA) is 122 Å². The van der Waals surface area contributed by atoms with Crippen molar-refractivity contribution < 1.29 is 31.1 Å². The Kier molecular flexibility index (Phi) is 10.0. The summed E-state index contributed by atoms with van der Waals surface area (Å²) in [6.07, 6.45) is 2.14. The number of carbonyl (C=O) groups excluding carboxylic acids is 1. The second-order valence-corrected chi connectivity index (χ2v) is 14.0. The summed E-state index contributed by atoms with van der Waals surface area (Å²) in [6.45, 7) is 2.51. The Morgan fingerprint density at radius 1 is 0.929 bits per heavy atom. The molecule has 3 aromatic carbocycles. The Labute approximate surface area is 252 Å². The normalized spacial score (nSPS) is 14.0. The van der Waals surface area contributed by atoms with Crippen molar-refractivity contribution in [1.82, 2.24) is 9.62 Å². The first-order valence-electron chi connectivity index (χ1n) is 13.3. The van der Waals surface area contributed by atoms with Gasteiger partial charge in [0.15, 0.2) is 0 Å². The van der Waals surface area contributed by atoms with Crippen LogP contribution in [-0.2, 0) is 31.3 Å². The number of amides is 1. The number of hydrogen-bond donors (Lipinski definition) is 1. The molecule has 0 radical (unpaired) electrons. The number of rotatable bonds is 12. The molecule has 1 heterocycles. The number of anilines is 1. The quantitative estimate of drug-likeness (QED) is 0.319. The Bertz CT molecular complexity index is 1640. The fourth-order valence-electron chi connectivity index (χ4n) is 4.67. The van der Waals surface area contributed by atoms with E-state index < -0.39 is 32.5 Å². The van der Waals surface area contributed by atoms with Crippen molar-refractivity contribution in [2.45, 2.75) is 36.0 Å². The maximum absolute atomic E-state index is 13.9. The summed E-state index contributed by atoms with van der Waals surface area (Å²) >= 11 is 6.31. The molecule has 13 heteroatoms. The van der Waals surface area contributed by atoms with Gasteiger partial charge < -0.3 is 14.8 Å². The standard InChI is InChI=1S/C29H34ClN3O7S2/c1-21-6-12-27(40-3)28(18-21)42(37,38)33(23-9-13-26(39-2)25(30)19-23)20-29(34)31-15-14-22-7-10-24(11-8-22)41(35,36)32-16-4-5-17-32/h6-13,18-19H,4-5,14-17,20H2,1-3H3,(H,31,34). The van der Waals surface area contributed by atoms with Crippen molar-refractivity contribution in [3.8, 4) is 11.5 Å². The summed E-state index contributed by atoms with van der Waals surface area (Å²) in [7, 11) is -4.95. The molecule has 3 aromatic rings. The van der Waals surface area contributed by atoms with Gasteiger partial charge in [-0.3, -0.25) is 9.10 Å². The Hall–Kier alpha value is -3.32. The van der Waals surface area contributed by atoms with Gasteiger partial charge in [0.25, 0.3) is 10.0 Å². The van der Waals surface area contributed by atoms with Gasteiger partial charge >= 0.3 is 0 Å². The van der Waals surface area contributed by atoms with Gasteiger partial charge in [0.2, 0.25) is 15.9 Å². The SMILES string of the molecule is COc1ccc(N(CC(=O)NCCc2ccc(S(=O)(=O)N3CCCC3)cc2)S(=O)(=O)c2cc(C)ccc2OC)cc1Cl. The molecule has 0 atom stereocenters. The van der Waals surface area contributed by atoms with Crippen LogP contribution in [0.2, 0.25) is 5.02 Å². The van der Waals surface area contributed by atoms with Crippen LogP contribution in [0, 0.1) is 6.92 Å². The molecule has 0 unspecified atom stereocenters.